The Morgan fingerprint density at radius 2 is 1.91 bits per heavy atom. The van der Waals surface area contributed by atoms with Gasteiger partial charge in [-0.3, -0.25) is 9.62 Å². The van der Waals surface area contributed by atoms with Crippen LogP contribution in [0.5, 0.6) is 11.5 Å². The van der Waals surface area contributed by atoms with E-state index in [0.717, 1.165) is 44.7 Å². The van der Waals surface area contributed by atoms with E-state index in [9.17, 15) is 8.42 Å². The van der Waals surface area contributed by atoms with Crippen LogP contribution in [-0.2, 0) is 10.0 Å². The molecule has 2 aromatic carbocycles. The van der Waals surface area contributed by atoms with E-state index < -0.39 is 10.0 Å². The molecule has 1 aromatic heterocycles. The summed E-state index contributed by atoms with van der Waals surface area (Å²) in [7, 11) is -1.78. The molecule has 7 nitrogen and oxygen atoms in total. The minimum absolute atomic E-state index is 0.0184. The Hall–Kier alpha value is -2.49. The summed E-state index contributed by atoms with van der Waals surface area (Å²) in [5.41, 5.74) is 2.66. The molecule has 0 atom stereocenters. The van der Waals surface area contributed by atoms with Crippen molar-refractivity contribution in [2.24, 2.45) is 0 Å². The lowest BCUT2D eigenvalue weighted by Gasteiger charge is -2.36. The highest BCUT2D eigenvalue weighted by atomic mass is 32.2. The zero-order valence-corrected chi connectivity index (χ0v) is 21.7. The topological polar surface area (TPSA) is 71.1 Å². The number of anilines is 2. The number of methoxy groups -OCH3 is 1. The smallest absolute Gasteiger partial charge is 0.232 e. The third-order valence-electron chi connectivity index (χ3n) is 6.16. The zero-order chi connectivity index (χ0) is 24.1. The van der Waals surface area contributed by atoms with Crippen molar-refractivity contribution in [1.29, 1.82) is 0 Å². The molecule has 1 aliphatic rings. The summed E-state index contributed by atoms with van der Waals surface area (Å²) in [6.07, 6.45) is 0.910. The average Bonchev–Trinajstić information content (AvgIpc) is 3.32. The standard InChI is InChI=1S/C25H33N3O4S2/c1-4-34(29,30)26-20-17-19(2)25(23(18-20)31-3)32-15-6-10-27-11-13-28(14-12-27)22-7-5-8-24-21(22)9-16-33-24/h5,7-9,16-18,26H,4,6,10-15H2,1-3H3. The fourth-order valence-electron chi connectivity index (χ4n) is 4.32. The average molecular weight is 504 g/mol. The molecule has 1 saturated heterocycles. The molecule has 4 rings (SSSR count). The number of rotatable bonds is 10. The minimum atomic E-state index is -3.35. The molecule has 0 amide bonds. The van der Waals surface area contributed by atoms with E-state index in [4.69, 9.17) is 9.47 Å². The van der Waals surface area contributed by atoms with E-state index >= 15 is 0 Å². The maximum absolute atomic E-state index is 11.9. The number of sulfonamides is 1. The van der Waals surface area contributed by atoms with Crippen LogP contribution in [-0.4, -0.2) is 65.5 Å². The van der Waals surface area contributed by atoms with Crippen LogP contribution in [0.15, 0.2) is 41.8 Å². The molecular weight excluding hydrogens is 470 g/mol. The van der Waals surface area contributed by atoms with E-state index in [2.05, 4.69) is 44.2 Å². The van der Waals surface area contributed by atoms with Crippen molar-refractivity contribution in [2.45, 2.75) is 20.3 Å². The van der Waals surface area contributed by atoms with Crippen molar-refractivity contribution in [3.8, 4) is 11.5 Å². The van der Waals surface area contributed by atoms with Gasteiger partial charge in [0.2, 0.25) is 10.0 Å². The van der Waals surface area contributed by atoms with Crippen molar-refractivity contribution < 1.29 is 17.9 Å². The molecule has 184 valence electrons. The number of hydrogen-bond donors (Lipinski definition) is 1. The van der Waals surface area contributed by atoms with Crippen LogP contribution >= 0.6 is 11.3 Å². The monoisotopic (exact) mass is 503 g/mol. The van der Waals surface area contributed by atoms with Crippen molar-refractivity contribution in [2.75, 3.05) is 61.8 Å². The van der Waals surface area contributed by atoms with E-state index in [0.29, 0.717) is 23.8 Å². The van der Waals surface area contributed by atoms with Gasteiger partial charge in [0, 0.05) is 54.6 Å². The minimum Gasteiger partial charge on any atom is -0.493 e. The molecular formula is C25H33N3O4S2. The van der Waals surface area contributed by atoms with Crippen LogP contribution in [0.4, 0.5) is 11.4 Å². The summed E-state index contributed by atoms with van der Waals surface area (Å²) in [5.74, 6) is 1.21. The molecule has 2 heterocycles. The lowest BCUT2D eigenvalue weighted by molar-refractivity contribution is 0.221. The Labute approximate surface area is 206 Å². The molecule has 0 spiro atoms. The summed E-state index contributed by atoms with van der Waals surface area (Å²) in [6, 6.07) is 12.2. The number of benzene rings is 2. The summed E-state index contributed by atoms with van der Waals surface area (Å²) < 4.78 is 39.2. The van der Waals surface area contributed by atoms with Gasteiger partial charge < -0.3 is 14.4 Å². The Bertz CT molecular complexity index is 1220. The molecule has 0 unspecified atom stereocenters. The van der Waals surface area contributed by atoms with Crippen LogP contribution in [0.25, 0.3) is 10.1 Å². The summed E-state index contributed by atoms with van der Waals surface area (Å²) in [4.78, 5) is 4.98. The first-order chi connectivity index (χ1) is 16.4. The third-order valence-corrected chi connectivity index (χ3v) is 8.35. The number of piperazine rings is 1. The predicted molar refractivity (Wildman–Crippen MR) is 141 cm³/mol. The molecule has 1 aliphatic heterocycles. The Kier molecular flexibility index (Phi) is 7.85. The first-order valence-electron chi connectivity index (χ1n) is 11.7. The molecule has 0 bridgehead atoms. The third kappa shape index (κ3) is 5.76. The molecule has 0 aliphatic carbocycles. The van der Waals surface area contributed by atoms with E-state index in [1.165, 1.54) is 15.8 Å². The zero-order valence-electron chi connectivity index (χ0n) is 20.0. The largest absolute Gasteiger partial charge is 0.493 e. The van der Waals surface area contributed by atoms with Gasteiger partial charge in [-0.15, -0.1) is 11.3 Å². The normalized spacial score (nSPS) is 15.0. The summed E-state index contributed by atoms with van der Waals surface area (Å²) in [6.45, 7) is 9.18. The molecule has 9 heteroatoms. The van der Waals surface area contributed by atoms with E-state index in [1.54, 1.807) is 37.5 Å². The highest BCUT2D eigenvalue weighted by Crippen LogP contribution is 2.35. The van der Waals surface area contributed by atoms with Gasteiger partial charge >= 0.3 is 0 Å². The number of fused-ring (bicyclic) bond motifs is 1. The van der Waals surface area contributed by atoms with Gasteiger partial charge in [0.15, 0.2) is 11.5 Å². The number of nitrogens with zero attached hydrogens (tertiary/aromatic N) is 2. The van der Waals surface area contributed by atoms with Crippen molar-refractivity contribution >= 4 is 42.8 Å². The molecule has 1 N–H and O–H groups in total. The van der Waals surface area contributed by atoms with Gasteiger partial charge in [0.1, 0.15) is 0 Å². The Balaban J connectivity index is 1.27. The van der Waals surface area contributed by atoms with Gasteiger partial charge in [0.25, 0.3) is 0 Å². The molecule has 34 heavy (non-hydrogen) atoms. The first-order valence-corrected chi connectivity index (χ1v) is 14.2. The number of ether oxygens (including phenoxy) is 2. The van der Waals surface area contributed by atoms with E-state index in [-0.39, 0.29) is 5.75 Å². The first kappa shape index (κ1) is 24.6. The predicted octanol–water partition coefficient (Wildman–Crippen LogP) is 4.57. The molecule has 0 radical (unpaired) electrons. The van der Waals surface area contributed by atoms with E-state index in [1.807, 2.05) is 6.92 Å². The molecule has 1 fully saturated rings. The molecule has 3 aromatic rings. The summed E-state index contributed by atoms with van der Waals surface area (Å²) in [5, 5.41) is 3.52. The van der Waals surface area contributed by atoms with Gasteiger partial charge in [-0.05, 0) is 55.5 Å². The second-order valence-electron chi connectivity index (χ2n) is 8.47. The van der Waals surface area contributed by atoms with Crippen LogP contribution < -0.4 is 19.1 Å². The number of thiophene rings is 1. The maximum atomic E-state index is 11.9. The van der Waals surface area contributed by atoms with Crippen LogP contribution in [0, 0.1) is 6.92 Å². The van der Waals surface area contributed by atoms with Crippen LogP contribution in [0.2, 0.25) is 0 Å². The van der Waals surface area contributed by atoms with Crippen molar-refractivity contribution in [1.82, 2.24) is 4.90 Å². The second-order valence-corrected chi connectivity index (χ2v) is 11.4. The van der Waals surface area contributed by atoms with Crippen LogP contribution in [0.1, 0.15) is 18.9 Å². The number of hydrogen-bond acceptors (Lipinski definition) is 7. The Morgan fingerprint density at radius 1 is 1.12 bits per heavy atom. The highest BCUT2D eigenvalue weighted by Gasteiger charge is 2.19. The second kappa shape index (κ2) is 10.8. The lowest BCUT2D eigenvalue weighted by atomic mass is 10.2. The summed E-state index contributed by atoms with van der Waals surface area (Å²) >= 11 is 1.80. The Morgan fingerprint density at radius 3 is 2.65 bits per heavy atom. The van der Waals surface area contributed by atoms with Crippen molar-refractivity contribution in [3.05, 3.63) is 47.3 Å². The maximum Gasteiger partial charge on any atom is 0.232 e. The lowest BCUT2D eigenvalue weighted by Crippen LogP contribution is -2.46. The quantitative estimate of drug-likeness (QED) is 0.409. The fourth-order valence-corrected chi connectivity index (χ4v) is 5.75. The van der Waals surface area contributed by atoms with Gasteiger partial charge in [0.05, 0.1) is 25.2 Å². The van der Waals surface area contributed by atoms with Gasteiger partial charge in [-0.25, -0.2) is 8.42 Å². The fraction of sp³-hybridized carbons (Fsp3) is 0.440. The van der Waals surface area contributed by atoms with Gasteiger partial charge in [-0.2, -0.15) is 0 Å². The highest BCUT2D eigenvalue weighted by molar-refractivity contribution is 7.92. The molecule has 0 saturated carbocycles. The van der Waals surface area contributed by atoms with Gasteiger partial charge in [-0.1, -0.05) is 6.07 Å². The van der Waals surface area contributed by atoms with Crippen molar-refractivity contribution in [3.63, 3.8) is 0 Å². The number of aryl methyl sites for hydroxylation is 1. The SMILES string of the molecule is CCS(=O)(=O)Nc1cc(C)c(OCCCN2CCN(c3cccc4sccc34)CC2)c(OC)c1. The number of nitrogens with one attached hydrogen (secondary N) is 1. The van der Waals surface area contributed by atoms with Crippen LogP contribution in [0.3, 0.4) is 0 Å².